The highest BCUT2D eigenvalue weighted by molar-refractivity contribution is 5.84. The first kappa shape index (κ1) is 16.0. The van der Waals surface area contributed by atoms with E-state index in [0.717, 1.165) is 31.2 Å². The van der Waals surface area contributed by atoms with Crippen molar-refractivity contribution in [2.75, 3.05) is 0 Å². The molecule has 0 aliphatic heterocycles. The standard InChI is InChI=1S/C19H18N2O3/c1-13-10-17(22)16(18(23)24-13)11-21-15-6-4-14(5-7-15)19(12-20)8-2-3-9-19/h4-7,10-11,22H,2-3,8-9H2,1H3. The van der Waals surface area contributed by atoms with Gasteiger partial charge in [0.15, 0.2) is 0 Å². The third-order valence-electron chi connectivity index (χ3n) is 4.52. The van der Waals surface area contributed by atoms with Crippen LogP contribution in [-0.2, 0) is 5.41 Å². The second-order valence-corrected chi connectivity index (χ2v) is 6.15. The molecule has 5 heteroatoms. The van der Waals surface area contributed by atoms with Gasteiger partial charge in [-0.2, -0.15) is 5.26 Å². The molecule has 0 amide bonds. The molecule has 1 heterocycles. The lowest BCUT2D eigenvalue weighted by Crippen LogP contribution is -2.18. The van der Waals surface area contributed by atoms with Gasteiger partial charge in [-0.15, -0.1) is 0 Å². The molecule has 0 spiro atoms. The maximum atomic E-state index is 11.7. The Morgan fingerprint density at radius 3 is 2.54 bits per heavy atom. The fourth-order valence-electron chi connectivity index (χ4n) is 3.17. The maximum Gasteiger partial charge on any atom is 0.348 e. The predicted molar refractivity (Wildman–Crippen MR) is 90.8 cm³/mol. The molecule has 0 saturated heterocycles. The van der Waals surface area contributed by atoms with E-state index in [2.05, 4.69) is 11.1 Å². The Balaban J connectivity index is 1.85. The third kappa shape index (κ3) is 2.95. The molecule has 1 aliphatic carbocycles. The molecule has 1 fully saturated rings. The number of aryl methyl sites for hydroxylation is 1. The van der Waals surface area contributed by atoms with Crippen molar-refractivity contribution in [3.63, 3.8) is 0 Å². The van der Waals surface area contributed by atoms with Crippen molar-refractivity contribution in [1.82, 2.24) is 0 Å². The van der Waals surface area contributed by atoms with Gasteiger partial charge in [0, 0.05) is 12.3 Å². The smallest absolute Gasteiger partial charge is 0.348 e. The molecule has 0 unspecified atom stereocenters. The Morgan fingerprint density at radius 2 is 1.96 bits per heavy atom. The quantitative estimate of drug-likeness (QED) is 0.872. The molecule has 122 valence electrons. The summed E-state index contributed by atoms with van der Waals surface area (Å²) in [5, 5.41) is 19.3. The second-order valence-electron chi connectivity index (χ2n) is 6.15. The Bertz CT molecular complexity index is 867. The fraction of sp³-hybridized carbons (Fsp3) is 0.316. The zero-order valence-corrected chi connectivity index (χ0v) is 13.5. The summed E-state index contributed by atoms with van der Waals surface area (Å²) in [4.78, 5) is 16.0. The third-order valence-corrected chi connectivity index (χ3v) is 4.52. The van der Waals surface area contributed by atoms with Crippen LogP contribution in [0, 0.1) is 18.3 Å². The molecule has 0 radical (unpaired) electrons. The number of nitriles is 1. The van der Waals surface area contributed by atoms with E-state index in [0.29, 0.717) is 11.4 Å². The Morgan fingerprint density at radius 1 is 1.29 bits per heavy atom. The summed E-state index contributed by atoms with van der Waals surface area (Å²) in [5.41, 5.74) is 0.679. The lowest BCUT2D eigenvalue weighted by atomic mass is 9.80. The molecule has 1 aliphatic rings. The summed E-state index contributed by atoms with van der Waals surface area (Å²) >= 11 is 0. The van der Waals surface area contributed by atoms with Gasteiger partial charge in [0.05, 0.1) is 17.2 Å². The van der Waals surface area contributed by atoms with Gasteiger partial charge in [-0.1, -0.05) is 25.0 Å². The van der Waals surface area contributed by atoms with E-state index >= 15 is 0 Å². The van der Waals surface area contributed by atoms with Crippen LogP contribution in [-0.4, -0.2) is 11.3 Å². The van der Waals surface area contributed by atoms with Crippen LogP contribution >= 0.6 is 0 Å². The van der Waals surface area contributed by atoms with Gasteiger partial charge in [-0.3, -0.25) is 4.99 Å². The topological polar surface area (TPSA) is 86.6 Å². The lowest BCUT2D eigenvalue weighted by molar-refractivity contribution is 0.433. The molecule has 5 nitrogen and oxygen atoms in total. The highest BCUT2D eigenvalue weighted by atomic mass is 16.4. The summed E-state index contributed by atoms with van der Waals surface area (Å²) in [6.07, 6.45) is 5.24. The van der Waals surface area contributed by atoms with Crippen LogP contribution in [0.1, 0.15) is 42.6 Å². The first-order chi connectivity index (χ1) is 11.5. The van der Waals surface area contributed by atoms with E-state index < -0.39 is 5.63 Å². The molecule has 24 heavy (non-hydrogen) atoms. The Hall–Kier alpha value is -2.87. The van der Waals surface area contributed by atoms with E-state index in [1.807, 2.05) is 24.3 Å². The van der Waals surface area contributed by atoms with Crippen LogP contribution in [0.4, 0.5) is 5.69 Å². The number of benzene rings is 1. The number of hydrogen-bond donors (Lipinski definition) is 1. The van der Waals surface area contributed by atoms with Crippen LogP contribution in [0.15, 0.2) is 44.5 Å². The number of nitrogens with zero attached hydrogens (tertiary/aromatic N) is 2. The largest absolute Gasteiger partial charge is 0.507 e. The minimum Gasteiger partial charge on any atom is -0.507 e. The molecular weight excluding hydrogens is 304 g/mol. The SMILES string of the molecule is Cc1cc(O)c(C=Nc2ccc(C3(C#N)CCCC3)cc2)c(=O)o1. The van der Waals surface area contributed by atoms with Gasteiger partial charge in [0.1, 0.15) is 17.1 Å². The molecule has 1 aromatic heterocycles. The summed E-state index contributed by atoms with van der Waals surface area (Å²) < 4.78 is 4.95. The lowest BCUT2D eigenvalue weighted by Gasteiger charge is -2.20. The predicted octanol–water partition coefficient (Wildman–Crippen LogP) is 3.74. The monoisotopic (exact) mass is 322 g/mol. The van der Waals surface area contributed by atoms with E-state index in [1.165, 1.54) is 12.3 Å². The van der Waals surface area contributed by atoms with Crippen LogP contribution in [0.2, 0.25) is 0 Å². The zero-order chi connectivity index (χ0) is 17.2. The number of aromatic hydroxyl groups is 1. The first-order valence-electron chi connectivity index (χ1n) is 7.94. The van der Waals surface area contributed by atoms with Crippen LogP contribution in [0.5, 0.6) is 5.75 Å². The molecule has 1 saturated carbocycles. The minimum absolute atomic E-state index is 0.0222. The van der Waals surface area contributed by atoms with Gasteiger partial charge in [-0.25, -0.2) is 4.79 Å². The van der Waals surface area contributed by atoms with E-state index in [4.69, 9.17) is 4.42 Å². The van der Waals surface area contributed by atoms with Crippen molar-refractivity contribution in [1.29, 1.82) is 5.26 Å². The average Bonchev–Trinajstić information content (AvgIpc) is 3.04. The van der Waals surface area contributed by atoms with Crippen molar-refractivity contribution >= 4 is 11.9 Å². The van der Waals surface area contributed by atoms with E-state index in [-0.39, 0.29) is 16.7 Å². The molecule has 2 aromatic rings. The molecule has 3 rings (SSSR count). The van der Waals surface area contributed by atoms with Gasteiger partial charge in [0.2, 0.25) is 0 Å². The van der Waals surface area contributed by atoms with Gasteiger partial charge in [0.25, 0.3) is 0 Å². The number of aliphatic imine (C=N–C) groups is 1. The molecule has 0 atom stereocenters. The Labute approximate surface area is 139 Å². The van der Waals surface area contributed by atoms with Crippen LogP contribution in [0.3, 0.4) is 0 Å². The van der Waals surface area contributed by atoms with Gasteiger partial charge in [-0.05, 0) is 37.5 Å². The maximum absolute atomic E-state index is 11.7. The van der Waals surface area contributed by atoms with Crippen molar-refractivity contribution in [2.45, 2.75) is 38.0 Å². The average molecular weight is 322 g/mol. The Kier molecular flexibility index (Phi) is 4.22. The van der Waals surface area contributed by atoms with Crippen molar-refractivity contribution in [2.24, 2.45) is 4.99 Å². The summed E-state index contributed by atoms with van der Waals surface area (Å²) in [7, 11) is 0. The molecular formula is C19H18N2O3. The number of rotatable bonds is 3. The van der Waals surface area contributed by atoms with Crippen LogP contribution < -0.4 is 5.63 Å². The highest BCUT2D eigenvalue weighted by Gasteiger charge is 2.35. The summed E-state index contributed by atoms with van der Waals surface area (Å²) in [6, 6.07) is 11.3. The van der Waals surface area contributed by atoms with Crippen molar-refractivity contribution in [3.8, 4) is 11.8 Å². The summed E-state index contributed by atoms with van der Waals surface area (Å²) in [6.45, 7) is 1.59. The first-order valence-corrected chi connectivity index (χ1v) is 7.94. The molecule has 1 N–H and O–H groups in total. The second kappa shape index (κ2) is 6.32. The fourth-order valence-corrected chi connectivity index (χ4v) is 3.17. The molecule has 0 bridgehead atoms. The van der Waals surface area contributed by atoms with E-state index in [9.17, 15) is 15.2 Å². The van der Waals surface area contributed by atoms with E-state index in [1.54, 1.807) is 6.92 Å². The highest BCUT2D eigenvalue weighted by Crippen LogP contribution is 2.40. The summed E-state index contributed by atoms with van der Waals surface area (Å²) in [5.74, 6) is 0.191. The van der Waals surface area contributed by atoms with Crippen LogP contribution in [0.25, 0.3) is 0 Å². The molecule has 1 aromatic carbocycles. The van der Waals surface area contributed by atoms with Gasteiger partial charge >= 0.3 is 5.63 Å². The van der Waals surface area contributed by atoms with Crippen molar-refractivity contribution in [3.05, 3.63) is 57.6 Å². The number of hydrogen-bond acceptors (Lipinski definition) is 5. The minimum atomic E-state index is -0.623. The normalized spacial score (nSPS) is 16.3. The van der Waals surface area contributed by atoms with Crippen molar-refractivity contribution < 1.29 is 9.52 Å². The zero-order valence-electron chi connectivity index (χ0n) is 13.5. The van der Waals surface area contributed by atoms with Gasteiger partial charge < -0.3 is 9.52 Å².